The van der Waals surface area contributed by atoms with E-state index in [1.807, 2.05) is 0 Å². The predicted octanol–water partition coefficient (Wildman–Crippen LogP) is 6.62. The SMILES string of the molecule is CCC(=O)Cl.CCC(=O)O[C@H](CN(Cc1ccc(-c2cc(Cl)ccc2F)cc1)NC(=O)C1=NCN=N1)C(=O)O.O=C(NN(Cc1ccc(-c2cc(Cl)ccc2F)cc1)C[C@@H](O)C(=O)O)C1=NCN=N1. The first kappa shape index (κ1) is 54.7. The highest BCUT2D eigenvalue weighted by Gasteiger charge is 2.28. The van der Waals surface area contributed by atoms with Crippen LogP contribution in [0.25, 0.3) is 22.3 Å². The maximum absolute atomic E-state index is 14.2. The van der Waals surface area contributed by atoms with Crippen molar-refractivity contribution < 1.29 is 57.6 Å². The molecule has 0 aliphatic carbocycles. The van der Waals surface area contributed by atoms with E-state index < -0.39 is 53.6 Å². The van der Waals surface area contributed by atoms with Gasteiger partial charge < -0.3 is 20.1 Å². The summed E-state index contributed by atoms with van der Waals surface area (Å²) < 4.78 is 33.2. The van der Waals surface area contributed by atoms with Crippen molar-refractivity contribution in [1.82, 2.24) is 20.9 Å². The molecule has 6 rings (SSSR count). The Morgan fingerprint density at radius 2 is 1.09 bits per heavy atom. The van der Waals surface area contributed by atoms with Crippen LogP contribution in [-0.2, 0) is 46.6 Å². The van der Waals surface area contributed by atoms with E-state index in [0.717, 1.165) is 0 Å². The average molecular weight is 1020 g/mol. The number of nitrogens with zero attached hydrogens (tertiary/aromatic N) is 8. The van der Waals surface area contributed by atoms with Crippen LogP contribution in [0.15, 0.2) is 115 Å². The van der Waals surface area contributed by atoms with E-state index in [1.165, 1.54) is 53.3 Å². The molecule has 2 aliphatic rings. The van der Waals surface area contributed by atoms with E-state index in [1.54, 1.807) is 55.5 Å². The summed E-state index contributed by atoms with van der Waals surface area (Å²) >= 11 is 16.7. The number of hydrazine groups is 2. The van der Waals surface area contributed by atoms with Crippen molar-refractivity contribution in [3.05, 3.63) is 118 Å². The molecule has 364 valence electrons. The number of aliphatic imine (C=N–C) groups is 2. The second-order valence-corrected chi connectivity index (χ2v) is 15.5. The van der Waals surface area contributed by atoms with Gasteiger partial charge in [-0.05, 0) is 70.3 Å². The molecule has 2 atom stereocenters. The van der Waals surface area contributed by atoms with Crippen LogP contribution in [0.4, 0.5) is 8.78 Å². The van der Waals surface area contributed by atoms with Gasteiger partial charge >= 0.3 is 29.7 Å². The number of carboxylic acids is 2. The molecule has 0 aromatic heterocycles. The minimum Gasteiger partial charge on any atom is -0.479 e. The summed E-state index contributed by atoms with van der Waals surface area (Å²) in [5, 5.41) is 45.5. The molecule has 5 N–H and O–H groups in total. The lowest BCUT2D eigenvalue weighted by atomic mass is 10.0. The Hall–Kier alpha value is -6.95. The van der Waals surface area contributed by atoms with Gasteiger partial charge in [0.15, 0.2) is 19.4 Å². The molecule has 25 heteroatoms. The quantitative estimate of drug-likeness (QED) is 0.0377. The van der Waals surface area contributed by atoms with Crippen molar-refractivity contribution in [2.24, 2.45) is 30.4 Å². The fourth-order valence-corrected chi connectivity index (χ4v) is 6.08. The average Bonchev–Trinajstić information content (AvgIpc) is 4.08. The lowest BCUT2D eigenvalue weighted by Crippen LogP contribution is -2.50. The molecular weight excluding hydrogens is 973 g/mol. The molecule has 4 aromatic carbocycles. The Morgan fingerprint density at radius 3 is 1.43 bits per heavy atom. The molecule has 4 aromatic rings. The minimum absolute atomic E-state index is 0.00511. The number of aliphatic carboxylic acids is 2. The zero-order chi connectivity index (χ0) is 50.6. The normalized spacial score (nSPS) is 13.2. The van der Waals surface area contributed by atoms with Crippen LogP contribution in [-0.4, -0.2) is 111 Å². The Bertz CT molecular complexity index is 2620. The number of carboxylic acid groups (broad SMARTS) is 2. The van der Waals surface area contributed by atoms with Crippen molar-refractivity contribution >= 4 is 81.4 Å². The van der Waals surface area contributed by atoms with Gasteiger partial charge in [0.1, 0.15) is 11.6 Å². The number of rotatable bonds is 19. The number of carbonyl (C=O) groups is 6. The highest BCUT2D eigenvalue weighted by Crippen LogP contribution is 2.28. The molecule has 2 amide bonds. The smallest absolute Gasteiger partial charge is 0.346 e. The molecule has 0 saturated carbocycles. The third-order valence-corrected chi connectivity index (χ3v) is 9.88. The lowest BCUT2D eigenvalue weighted by Gasteiger charge is -2.26. The van der Waals surface area contributed by atoms with Gasteiger partial charge in [-0.1, -0.05) is 85.6 Å². The second kappa shape index (κ2) is 27.1. The zero-order valence-electron chi connectivity index (χ0n) is 36.6. The van der Waals surface area contributed by atoms with Gasteiger partial charge in [-0.15, -0.1) is 10.2 Å². The number of azo groups is 2. The Balaban J connectivity index is 0.000000275. The molecule has 0 bridgehead atoms. The van der Waals surface area contributed by atoms with E-state index in [-0.39, 0.29) is 62.9 Å². The van der Waals surface area contributed by atoms with Gasteiger partial charge in [-0.3, -0.25) is 30.0 Å². The molecule has 0 saturated heterocycles. The van der Waals surface area contributed by atoms with Crippen LogP contribution in [0.2, 0.25) is 10.0 Å². The summed E-state index contributed by atoms with van der Waals surface area (Å²) in [5.74, 6) is -6.01. The second-order valence-electron chi connectivity index (χ2n) is 14.2. The van der Waals surface area contributed by atoms with Crippen molar-refractivity contribution in [2.45, 2.75) is 52.0 Å². The molecule has 0 fully saturated rings. The number of carbonyl (C=O) groups excluding carboxylic acids is 4. The van der Waals surface area contributed by atoms with Gasteiger partial charge in [0.2, 0.25) is 23.0 Å². The topological polar surface area (TPSA) is 277 Å². The van der Waals surface area contributed by atoms with Crippen molar-refractivity contribution in [2.75, 3.05) is 26.4 Å². The first-order chi connectivity index (χ1) is 32.9. The number of nitrogens with one attached hydrogen (secondary N) is 2. The molecule has 0 radical (unpaired) electrons. The highest BCUT2D eigenvalue weighted by molar-refractivity contribution is 6.63. The van der Waals surface area contributed by atoms with Gasteiger partial charge in [0.25, 0.3) is 0 Å². The van der Waals surface area contributed by atoms with Crippen molar-refractivity contribution in [3.63, 3.8) is 0 Å². The van der Waals surface area contributed by atoms with Crippen LogP contribution < -0.4 is 10.9 Å². The van der Waals surface area contributed by atoms with E-state index in [2.05, 4.69) is 41.3 Å². The Labute approximate surface area is 407 Å². The number of halogens is 5. The molecule has 2 aliphatic heterocycles. The van der Waals surface area contributed by atoms with Crippen LogP contribution in [0.3, 0.4) is 0 Å². The van der Waals surface area contributed by atoms with Crippen LogP contribution >= 0.6 is 34.8 Å². The fraction of sp³-hybridized carbons (Fsp3) is 0.273. The first-order valence-corrected chi connectivity index (χ1v) is 21.6. The molecule has 0 unspecified atom stereocenters. The Morgan fingerprint density at radius 1 is 0.667 bits per heavy atom. The zero-order valence-corrected chi connectivity index (χ0v) is 38.8. The number of esters is 1. The van der Waals surface area contributed by atoms with Crippen LogP contribution in [0.1, 0.15) is 37.8 Å². The Kier molecular flexibility index (Phi) is 21.5. The van der Waals surface area contributed by atoms with Crippen LogP contribution in [0.5, 0.6) is 0 Å². The number of hydrogen-bond acceptors (Lipinski definition) is 16. The molecule has 0 spiro atoms. The maximum Gasteiger partial charge on any atom is 0.346 e. The predicted molar refractivity (Wildman–Crippen MR) is 248 cm³/mol. The largest absolute Gasteiger partial charge is 0.479 e. The number of ether oxygens (including phenoxy) is 1. The third kappa shape index (κ3) is 17.9. The first-order valence-electron chi connectivity index (χ1n) is 20.4. The van der Waals surface area contributed by atoms with Crippen LogP contribution in [0, 0.1) is 11.6 Å². The fourth-order valence-electron chi connectivity index (χ4n) is 5.73. The van der Waals surface area contributed by atoms with Gasteiger partial charge in [0, 0.05) is 47.1 Å². The number of amidine groups is 2. The summed E-state index contributed by atoms with van der Waals surface area (Å²) in [4.78, 5) is 76.1. The maximum atomic E-state index is 14.2. The van der Waals surface area contributed by atoms with Crippen molar-refractivity contribution in [3.8, 4) is 22.3 Å². The van der Waals surface area contributed by atoms with E-state index >= 15 is 0 Å². The monoisotopic (exact) mass is 1010 g/mol. The van der Waals surface area contributed by atoms with Gasteiger partial charge in [0.05, 0.1) is 13.1 Å². The summed E-state index contributed by atoms with van der Waals surface area (Å²) in [5.41, 5.74) is 8.17. The van der Waals surface area contributed by atoms with E-state index in [9.17, 15) is 47.8 Å². The summed E-state index contributed by atoms with van der Waals surface area (Å²) in [6, 6.07) is 21.9. The molecular formula is C44H43Cl3F2N10O10. The van der Waals surface area contributed by atoms with Gasteiger partial charge in [-0.2, -0.15) is 10.2 Å². The van der Waals surface area contributed by atoms with E-state index in [0.29, 0.717) is 49.8 Å². The highest BCUT2D eigenvalue weighted by atomic mass is 35.5. The molecule has 2 heterocycles. The van der Waals surface area contributed by atoms with Crippen molar-refractivity contribution in [1.29, 1.82) is 0 Å². The number of aliphatic hydroxyl groups is 1. The van der Waals surface area contributed by atoms with E-state index in [4.69, 9.17) is 44.6 Å². The van der Waals surface area contributed by atoms with Gasteiger partial charge in [-0.25, -0.2) is 38.4 Å². The number of hydrogen-bond donors (Lipinski definition) is 5. The number of aliphatic hydroxyl groups excluding tert-OH is 1. The molecule has 20 nitrogen and oxygen atoms in total. The third-order valence-electron chi connectivity index (χ3n) is 9.14. The number of amides is 2. The minimum atomic E-state index is -1.72. The summed E-state index contributed by atoms with van der Waals surface area (Å²) in [6.07, 6.45) is -2.83. The summed E-state index contributed by atoms with van der Waals surface area (Å²) in [6.45, 7) is 2.71. The summed E-state index contributed by atoms with van der Waals surface area (Å²) in [7, 11) is 0. The standard InChI is InChI=1S/C22H21ClFN5O5.C19H17ClFN5O4.C3H5ClO/c1-2-19(30)34-18(22(32)33)11-29(28-21(31)20-25-12-26-27-20)10-13-3-5-14(6-4-13)16-9-15(23)7-8-17(16)24;20-13-5-6-15(21)14(7-13)12-3-1-11(2-4-12)8-26(9-16(27)19(29)30)25-18(28)17-22-10-23-24-17;1-2-3(4)5/h3-9,18H,2,10-12H2,1H3,(H,28,31)(H,32,33);1-7,16,27H,8-10H2,(H,25,28)(H,29,30);2H2,1H3/t18-;16-;/m11./s1. The number of benzene rings is 4. The lowest BCUT2D eigenvalue weighted by molar-refractivity contribution is -0.166. The molecule has 69 heavy (non-hydrogen) atoms.